The summed E-state index contributed by atoms with van der Waals surface area (Å²) in [4.78, 5) is 11.4. The van der Waals surface area contributed by atoms with E-state index in [1.807, 2.05) is 6.92 Å². The van der Waals surface area contributed by atoms with Gasteiger partial charge in [0.05, 0.1) is 0 Å². The number of carbonyl (C=O) groups excluding carboxylic acids is 1. The Morgan fingerprint density at radius 3 is 2.17 bits per heavy atom. The standard InChI is InChI=1S/C20H24FNO/c1-3-4-20(23)22-14-13-15(2)16-5-7-17(8-6-16)18-9-11-19(21)12-10-18/h5-12,15H,3-4,13-14H2,1-2H3,(H,22,23). The average molecular weight is 313 g/mol. The van der Waals surface area contributed by atoms with Gasteiger partial charge < -0.3 is 5.32 Å². The summed E-state index contributed by atoms with van der Waals surface area (Å²) in [5, 5.41) is 2.95. The molecular weight excluding hydrogens is 289 g/mol. The van der Waals surface area contributed by atoms with Gasteiger partial charge in [-0.2, -0.15) is 0 Å². The fraction of sp³-hybridized carbons (Fsp3) is 0.350. The van der Waals surface area contributed by atoms with Crippen molar-refractivity contribution in [2.45, 2.75) is 39.0 Å². The Morgan fingerprint density at radius 1 is 1.04 bits per heavy atom. The van der Waals surface area contributed by atoms with Crippen LogP contribution in [-0.4, -0.2) is 12.5 Å². The lowest BCUT2D eigenvalue weighted by Crippen LogP contribution is -2.24. The molecule has 0 spiro atoms. The minimum Gasteiger partial charge on any atom is -0.356 e. The summed E-state index contributed by atoms with van der Waals surface area (Å²) >= 11 is 0. The van der Waals surface area contributed by atoms with Gasteiger partial charge in [-0.25, -0.2) is 4.39 Å². The number of carbonyl (C=O) groups is 1. The van der Waals surface area contributed by atoms with Crippen LogP contribution >= 0.6 is 0 Å². The molecule has 23 heavy (non-hydrogen) atoms. The van der Waals surface area contributed by atoms with E-state index in [1.54, 1.807) is 12.1 Å². The molecule has 0 saturated carbocycles. The fourth-order valence-electron chi connectivity index (χ4n) is 2.56. The Hall–Kier alpha value is -2.16. The van der Waals surface area contributed by atoms with Crippen LogP contribution in [0.2, 0.25) is 0 Å². The predicted molar refractivity (Wildman–Crippen MR) is 92.8 cm³/mol. The highest BCUT2D eigenvalue weighted by Crippen LogP contribution is 2.24. The smallest absolute Gasteiger partial charge is 0.219 e. The Kier molecular flexibility index (Phi) is 6.33. The van der Waals surface area contributed by atoms with Crippen molar-refractivity contribution in [2.24, 2.45) is 0 Å². The minimum atomic E-state index is -0.218. The number of halogens is 1. The topological polar surface area (TPSA) is 29.1 Å². The van der Waals surface area contributed by atoms with Gasteiger partial charge in [-0.3, -0.25) is 4.79 Å². The Bertz CT molecular complexity index is 619. The van der Waals surface area contributed by atoms with Crippen LogP contribution in [0.3, 0.4) is 0 Å². The Morgan fingerprint density at radius 2 is 1.61 bits per heavy atom. The van der Waals surface area contributed by atoms with E-state index < -0.39 is 0 Å². The predicted octanol–water partition coefficient (Wildman–Crippen LogP) is 4.90. The molecule has 1 unspecified atom stereocenters. The molecular formula is C20H24FNO. The molecule has 0 radical (unpaired) electrons. The lowest BCUT2D eigenvalue weighted by Gasteiger charge is -2.13. The zero-order chi connectivity index (χ0) is 16.7. The van der Waals surface area contributed by atoms with Crippen molar-refractivity contribution in [3.63, 3.8) is 0 Å². The van der Waals surface area contributed by atoms with E-state index in [-0.39, 0.29) is 11.7 Å². The van der Waals surface area contributed by atoms with E-state index in [0.29, 0.717) is 18.9 Å². The molecule has 122 valence electrons. The highest BCUT2D eigenvalue weighted by atomic mass is 19.1. The highest BCUT2D eigenvalue weighted by Gasteiger charge is 2.07. The summed E-state index contributed by atoms with van der Waals surface area (Å²) in [6.07, 6.45) is 2.40. The first-order chi connectivity index (χ1) is 11.1. The van der Waals surface area contributed by atoms with Crippen molar-refractivity contribution in [3.8, 4) is 11.1 Å². The van der Waals surface area contributed by atoms with Crippen molar-refractivity contribution in [2.75, 3.05) is 6.54 Å². The molecule has 1 atom stereocenters. The number of hydrogen-bond acceptors (Lipinski definition) is 1. The lowest BCUT2D eigenvalue weighted by molar-refractivity contribution is -0.121. The van der Waals surface area contributed by atoms with E-state index in [0.717, 1.165) is 24.0 Å². The van der Waals surface area contributed by atoms with Gasteiger partial charge in [0.2, 0.25) is 5.91 Å². The molecule has 0 bridgehead atoms. The summed E-state index contributed by atoms with van der Waals surface area (Å²) in [6.45, 7) is 4.88. The van der Waals surface area contributed by atoms with Gasteiger partial charge in [0.15, 0.2) is 0 Å². The van der Waals surface area contributed by atoms with Gasteiger partial charge >= 0.3 is 0 Å². The van der Waals surface area contributed by atoms with Gasteiger partial charge in [0, 0.05) is 13.0 Å². The third-order valence-corrected chi connectivity index (χ3v) is 4.03. The fourth-order valence-corrected chi connectivity index (χ4v) is 2.56. The first-order valence-electron chi connectivity index (χ1n) is 8.22. The number of rotatable bonds is 7. The van der Waals surface area contributed by atoms with Gasteiger partial charge in [-0.1, -0.05) is 50.2 Å². The summed E-state index contributed by atoms with van der Waals surface area (Å²) in [6, 6.07) is 14.9. The molecule has 1 N–H and O–H groups in total. The summed E-state index contributed by atoms with van der Waals surface area (Å²) < 4.78 is 13.0. The van der Waals surface area contributed by atoms with E-state index in [2.05, 4.69) is 36.5 Å². The third-order valence-electron chi connectivity index (χ3n) is 4.03. The molecule has 0 saturated heterocycles. The second-order valence-corrected chi connectivity index (χ2v) is 5.92. The van der Waals surface area contributed by atoms with E-state index in [9.17, 15) is 9.18 Å². The number of nitrogens with one attached hydrogen (secondary N) is 1. The maximum Gasteiger partial charge on any atom is 0.219 e. The molecule has 0 aliphatic rings. The average Bonchev–Trinajstić information content (AvgIpc) is 2.56. The van der Waals surface area contributed by atoms with Crippen LogP contribution in [0, 0.1) is 5.82 Å². The molecule has 0 fully saturated rings. The normalized spacial score (nSPS) is 12.0. The quantitative estimate of drug-likeness (QED) is 0.773. The van der Waals surface area contributed by atoms with Crippen LogP contribution in [0.15, 0.2) is 48.5 Å². The summed E-state index contributed by atoms with van der Waals surface area (Å²) in [5.74, 6) is 0.301. The summed E-state index contributed by atoms with van der Waals surface area (Å²) in [7, 11) is 0. The zero-order valence-electron chi connectivity index (χ0n) is 13.8. The minimum absolute atomic E-state index is 0.131. The molecule has 0 aliphatic carbocycles. The Balaban J connectivity index is 1.91. The van der Waals surface area contributed by atoms with Gasteiger partial charge in [-0.15, -0.1) is 0 Å². The second kappa shape index (κ2) is 8.47. The largest absolute Gasteiger partial charge is 0.356 e. The van der Waals surface area contributed by atoms with Crippen molar-refractivity contribution in [1.82, 2.24) is 5.32 Å². The van der Waals surface area contributed by atoms with Crippen LogP contribution in [0.5, 0.6) is 0 Å². The maximum atomic E-state index is 13.0. The number of amides is 1. The number of hydrogen-bond donors (Lipinski definition) is 1. The van der Waals surface area contributed by atoms with E-state index >= 15 is 0 Å². The lowest BCUT2D eigenvalue weighted by atomic mass is 9.95. The zero-order valence-corrected chi connectivity index (χ0v) is 13.8. The van der Waals surface area contributed by atoms with Crippen LogP contribution < -0.4 is 5.32 Å². The van der Waals surface area contributed by atoms with E-state index in [1.165, 1.54) is 17.7 Å². The van der Waals surface area contributed by atoms with Gasteiger partial charge in [-0.05, 0) is 47.6 Å². The third kappa shape index (κ3) is 5.20. The molecule has 3 heteroatoms. The van der Waals surface area contributed by atoms with E-state index in [4.69, 9.17) is 0 Å². The first-order valence-corrected chi connectivity index (χ1v) is 8.22. The van der Waals surface area contributed by atoms with Crippen LogP contribution in [0.4, 0.5) is 4.39 Å². The highest BCUT2D eigenvalue weighted by molar-refractivity contribution is 5.75. The molecule has 0 aromatic heterocycles. The molecule has 0 aliphatic heterocycles. The monoisotopic (exact) mass is 313 g/mol. The van der Waals surface area contributed by atoms with Gasteiger partial charge in [0.1, 0.15) is 5.82 Å². The van der Waals surface area contributed by atoms with Crippen molar-refractivity contribution in [3.05, 3.63) is 59.9 Å². The second-order valence-electron chi connectivity index (χ2n) is 5.92. The summed E-state index contributed by atoms with van der Waals surface area (Å²) in [5.41, 5.74) is 3.34. The SMILES string of the molecule is CCCC(=O)NCCC(C)c1ccc(-c2ccc(F)cc2)cc1. The van der Waals surface area contributed by atoms with Gasteiger partial charge in [0.25, 0.3) is 0 Å². The maximum absolute atomic E-state index is 13.0. The molecule has 0 heterocycles. The molecule has 2 aromatic rings. The van der Waals surface area contributed by atoms with Crippen LogP contribution in [0.25, 0.3) is 11.1 Å². The van der Waals surface area contributed by atoms with Crippen LogP contribution in [-0.2, 0) is 4.79 Å². The molecule has 2 nitrogen and oxygen atoms in total. The molecule has 2 rings (SSSR count). The Labute approximate surface area is 137 Å². The number of benzene rings is 2. The first kappa shape index (κ1) is 17.2. The van der Waals surface area contributed by atoms with Crippen molar-refractivity contribution < 1.29 is 9.18 Å². The molecule has 2 aromatic carbocycles. The van der Waals surface area contributed by atoms with Crippen molar-refractivity contribution >= 4 is 5.91 Å². The van der Waals surface area contributed by atoms with Crippen LogP contribution in [0.1, 0.15) is 44.6 Å². The van der Waals surface area contributed by atoms with Crippen molar-refractivity contribution in [1.29, 1.82) is 0 Å². The molecule has 1 amide bonds.